The number of carbonyl (C=O) groups excluding carboxylic acids is 2. The second kappa shape index (κ2) is 10.8. The lowest BCUT2D eigenvalue weighted by Crippen LogP contribution is -1.95. The molecule has 0 aromatic rings. The fourth-order valence-electron chi connectivity index (χ4n) is 1.70. The lowest BCUT2D eigenvalue weighted by molar-refractivity contribution is -0.119. The van der Waals surface area contributed by atoms with Crippen LogP contribution in [-0.4, -0.2) is 11.6 Å². The minimum Gasteiger partial charge on any atom is -0.300 e. The third kappa shape index (κ3) is 9.88. The largest absolute Gasteiger partial charge is 0.300 e. The van der Waals surface area contributed by atoms with Crippen LogP contribution in [0.1, 0.15) is 78.1 Å². The highest BCUT2D eigenvalue weighted by atomic mass is 16.1. The van der Waals surface area contributed by atoms with E-state index in [4.69, 9.17) is 0 Å². The van der Waals surface area contributed by atoms with Gasteiger partial charge >= 0.3 is 0 Å². The van der Waals surface area contributed by atoms with Crippen molar-refractivity contribution in [1.29, 1.82) is 0 Å². The van der Waals surface area contributed by atoms with Crippen LogP contribution in [0.2, 0.25) is 0 Å². The lowest BCUT2D eigenvalue weighted by atomic mass is 10.0. The minimum atomic E-state index is 0.383. The molecule has 0 spiro atoms. The summed E-state index contributed by atoms with van der Waals surface area (Å²) in [7, 11) is 0. The van der Waals surface area contributed by atoms with Gasteiger partial charge < -0.3 is 0 Å². The fraction of sp³-hybridized carbons (Fsp3) is 0.857. The molecule has 16 heavy (non-hydrogen) atoms. The highest BCUT2D eigenvalue weighted by Crippen LogP contribution is 2.09. The molecule has 0 amide bonds. The van der Waals surface area contributed by atoms with Crippen LogP contribution < -0.4 is 0 Å². The van der Waals surface area contributed by atoms with E-state index in [9.17, 15) is 9.59 Å². The Balaban J connectivity index is 3.10. The second-order valence-electron chi connectivity index (χ2n) is 4.41. The standard InChI is InChI=1S/C14H26O2/c1-3-13(15)11-9-7-5-6-8-10-12-14(16)4-2/h3-12H2,1-2H3. The number of unbranched alkanes of at least 4 members (excludes halogenated alkanes) is 5. The van der Waals surface area contributed by atoms with Gasteiger partial charge in [-0.3, -0.25) is 9.59 Å². The number of Topliss-reactive ketones (excluding diaryl/α,β-unsaturated/α-hetero) is 2. The Kier molecular flexibility index (Phi) is 10.4. The summed E-state index contributed by atoms with van der Waals surface area (Å²) < 4.78 is 0. The molecule has 0 radical (unpaired) electrons. The summed E-state index contributed by atoms with van der Waals surface area (Å²) in [6.07, 6.45) is 9.69. The molecule has 0 rings (SSSR count). The zero-order valence-electron chi connectivity index (χ0n) is 10.9. The Morgan fingerprint density at radius 1 is 0.625 bits per heavy atom. The van der Waals surface area contributed by atoms with Crippen molar-refractivity contribution in [3.63, 3.8) is 0 Å². The summed E-state index contributed by atoms with van der Waals surface area (Å²) in [5.41, 5.74) is 0. The third-order valence-electron chi connectivity index (χ3n) is 2.95. The van der Waals surface area contributed by atoms with Gasteiger partial charge in [0.05, 0.1) is 0 Å². The third-order valence-corrected chi connectivity index (χ3v) is 2.95. The SMILES string of the molecule is CCC(=O)CCCCCCCCC(=O)CC. The van der Waals surface area contributed by atoms with Crippen LogP contribution in [0.3, 0.4) is 0 Å². The van der Waals surface area contributed by atoms with E-state index in [1.54, 1.807) is 0 Å². The van der Waals surface area contributed by atoms with E-state index < -0.39 is 0 Å². The van der Waals surface area contributed by atoms with Gasteiger partial charge in [0.15, 0.2) is 0 Å². The molecule has 0 atom stereocenters. The second-order valence-corrected chi connectivity index (χ2v) is 4.41. The predicted molar refractivity (Wildman–Crippen MR) is 67.5 cm³/mol. The van der Waals surface area contributed by atoms with Crippen LogP contribution in [-0.2, 0) is 9.59 Å². The molecule has 0 aromatic heterocycles. The molecular formula is C14H26O2. The molecule has 0 heterocycles. The first-order valence-corrected chi connectivity index (χ1v) is 6.74. The van der Waals surface area contributed by atoms with Gasteiger partial charge in [-0.25, -0.2) is 0 Å². The van der Waals surface area contributed by atoms with E-state index in [0.29, 0.717) is 24.4 Å². The van der Waals surface area contributed by atoms with Crippen molar-refractivity contribution in [3.8, 4) is 0 Å². The van der Waals surface area contributed by atoms with Gasteiger partial charge in [0.2, 0.25) is 0 Å². The summed E-state index contributed by atoms with van der Waals surface area (Å²) in [6, 6.07) is 0. The Morgan fingerprint density at radius 3 is 1.25 bits per heavy atom. The van der Waals surface area contributed by atoms with Crippen LogP contribution in [0.15, 0.2) is 0 Å². The first-order valence-electron chi connectivity index (χ1n) is 6.74. The monoisotopic (exact) mass is 226 g/mol. The molecule has 94 valence electrons. The summed E-state index contributed by atoms with van der Waals surface area (Å²) >= 11 is 0. The minimum absolute atomic E-state index is 0.383. The van der Waals surface area contributed by atoms with Gasteiger partial charge in [-0.1, -0.05) is 39.5 Å². The van der Waals surface area contributed by atoms with Gasteiger partial charge in [-0.15, -0.1) is 0 Å². The zero-order chi connectivity index (χ0) is 12.2. The Bertz CT molecular complexity index is 175. The fourth-order valence-corrected chi connectivity index (χ4v) is 1.70. The summed E-state index contributed by atoms with van der Waals surface area (Å²) in [5, 5.41) is 0. The molecule has 0 aromatic carbocycles. The molecule has 0 aliphatic heterocycles. The molecule has 0 N–H and O–H groups in total. The van der Waals surface area contributed by atoms with Crippen molar-refractivity contribution in [2.24, 2.45) is 0 Å². The molecule has 0 saturated carbocycles. The zero-order valence-corrected chi connectivity index (χ0v) is 10.9. The van der Waals surface area contributed by atoms with Gasteiger partial charge in [-0.2, -0.15) is 0 Å². The molecular weight excluding hydrogens is 200 g/mol. The van der Waals surface area contributed by atoms with Gasteiger partial charge in [-0.05, 0) is 12.8 Å². The van der Waals surface area contributed by atoms with Crippen molar-refractivity contribution < 1.29 is 9.59 Å². The van der Waals surface area contributed by atoms with Crippen LogP contribution in [0, 0.1) is 0 Å². The number of hydrogen-bond donors (Lipinski definition) is 0. The molecule has 0 unspecified atom stereocenters. The van der Waals surface area contributed by atoms with Crippen molar-refractivity contribution in [1.82, 2.24) is 0 Å². The van der Waals surface area contributed by atoms with E-state index in [1.165, 1.54) is 12.8 Å². The smallest absolute Gasteiger partial charge is 0.132 e. The molecule has 0 saturated heterocycles. The van der Waals surface area contributed by atoms with Crippen LogP contribution in [0.4, 0.5) is 0 Å². The summed E-state index contributed by atoms with van der Waals surface area (Å²) in [5.74, 6) is 0.766. The average molecular weight is 226 g/mol. The first kappa shape index (κ1) is 15.3. The number of ketones is 2. The summed E-state index contributed by atoms with van der Waals surface area (Å²) in [6.45, 7) is 3.85. The quantitative estimate of drug-likeness (QED) is 0.498. The molecule has 2 heteroatoms. The molecule has 0 fully saturated rings. The molecule has 2 nitrogen and oxygen atoms in total. The maximum absolute atomic E-state index is 11.0. The van der Waals surface area contributed by atoms with Gasteiger partial charge in [0.25, 0.3) is 0 Å². The van der Waals surface area contributed by atoms with Crippen molar-refractivity contribution in [3.05, 3.63) is 0 Å². The lowest BCUT2D eigenvalue weighted by Gasteiger charge is -2.01. The van der Waals surface area contributed by atoms with Crippen LogP contribution in [0.25, 0.3) is 0 Å². The number of carbonyl (C=O) groups is 2. The van der Waals surface area contributed by atoms with E-state index in [1.807, 2.05) is 13.8 Å². The van der Waals surface area contributed by atoms with Crippen LogP contribution in [0.5, 0.6) is 0 Å². The molecule has 0 bridgehead atoms. The summed E-state index contributed by atoms with van der Waals surface area (Å²) in [4.78, 5) is 22.0. The number of rotatable bonds is 11. The predicted octanol–water partition coefficient (Wildman–Crippen LogP) is 4.07. The maximum Gasteiger partial charge on any atom is 0.132 e. The van der Waals surface area contributed by atoms with Crippen molar-refractivity contribution >= 4 is 11.6 Å². The normalized spacial score (nSPS) is 10.4. The van der Waals surface area contributed by atoms with E-state index in [0.717, 1.165) is 38.5 Å². The number of hydrogen-bond acceptors (Lipinski definition) is 2. The highest BCUT2D eigenvalue weighted by molar-refractivity contribution is 5.78. The van der Waals surface area contributed by atoms with E-state index >= 15 is 0 Å². The van der Waals surface area contributed by atoms with Crippen molar-refractivity contribution in [2.45, 2.75) is 78.1 Å². The van der Waals surface area contributed by atoms with E-state index in [-0.39, 0.29) is 0 Å². The van der Waals surface area contributed by atoms with Crippen LogP contribution >= 0.6 is 0 Å². The molecule has 0 aliphatic carbocycles. The maximum atomic E-state index is 11.0. The van der Waals surface area contributed by atoms with Gasteiger partial charge in [0, 0.05) is 25.7 Å². The Hall–Kier alpha value is -0.660. The topological polar surface area (TPSA) is 34.1 Å². The Morgan fingerprint density at radius 2 is 0.938 bits per heavy atom. The van der Waals surface area contributed by atoms with Gasteiger partial charge in [0.1, 0.15) is 11.6 Å². The van der Waals surface area contributed by atoms with Crippen molar-refractivity contribution in [2.75, 3.05) is 0 Å². The average Bonchev–Trinajstić information content (AvgIpc) is 2.31. The highest BCUT2D eigenvalue weighted by Gasteiger charge is 1.99. The molecule has 0 aliphatic rings. The first-order chi connectivity index (χ1) is 7.70. The van der Waals surface area contributed by atoms with E-state index in [2.05, 4.69) is 0 Å². The Labute approximate surface area is 99.8 Å².